The average Bonchev–Trinajstić information content (AvgIpc) is 3.70. The van der Waals surface area contributed by atoms with Gasteiger partial charge in [-0.3, -0.25) is 14.7 Å². The number of carboxylic acids is 2. The van der Waals surface area contributed by atoms with E-state index in [1.165, 1.54) is 10.4 Å². The van der Waals surface area contributed by atoms with Crippen molar-refractivity contribution in [3.8, 4) is 0 Å². The molecule has 43 heavy (non-hydrogen) atoms. The third-order valence-electron chi connectivity index (χ3n) is 6.32. The third-order valence-corrected chi connectivity index (χ3v) is 7.91. The van der Waals surface area contributed by atoms with Crippen molar-refractivity contribution < 1.29 is 55.7 Å². The normalized spacial score (nSPS) is 20.7. The predicted molar refractivity (Wildman–Crippen MR) is 142 cm³/mol. The molecule has 3 aromatic heterocycles. The largest absolute Gasteiger partial charge is 0.490 e. The first-order valence-corrected chi connectivity index (χ1v) is 14.1. The number of carboxylic acid groups (broad SMARTS) is 2. The summed E-state index contributed by atoms with van der Waals surface area (Å²) >= 11 is 3.43. The number of aromatic nitrogens is 1. The Kier molecular flexibility index (Phi) is 11.3. The summed E-state index contributed by atoms with van der Waals surface area (Å²) in [5.41, 5.74) is 1.42. The Morgan fingerprint density at radius 2 is 1.70 bits per heavy atom. The van der Waals surface area contributed by atoms with Gasteiger partial charge in [-0.05, 0) is 45.5 Å². The van der Waals surface area contributed by atoms with Gasteiger partial charge >= 0.3 is 24.3 Å². The van der Waals surface area contributed by atoms with Gasteiger partial charge in [-0.15, -0.1) is 11.3 Å². The van der Waals surface area contributed by atoms with E-state index in [2.05, 4.69) is 50.3 Å². The van der Waals surface area contributed by atoms with E-state index in [-0.39, 0.29) is 11.8 Å². The van der Waals surface area contributed by atoms with Gasteiger partial charge in [0.1, 0.15) is 0 Å². The van der Waals surface area contributed by atoms with Gasteiger partial charge in [0.15, 0.2) is 5.60 Å². The van der Waals surface area contributed by atoms with Crippen LogP contribution in [0, 0.1) is 0 Å². The molecule has 0 saturated carbocycles. The van der Waals surface area contributed by atoms with E-state index < -0.39 is 29.9 Å². The van der Waals surface area contributed by atoms with Crippen LogP contribution >= 0.6 is 22.7 Å². The third kappa shape index (κ3) is 9.22. The minimum Gasteiger partial charge on any atom is -0.475 e. The highest BCUT2D eigenvalue weighted by Gasteiger charge is 2.57. The second-order valence-electron chi connectivity index (χ2n) is 9.29. The fourth-order valence-corrected chi connectivity index (χ4v) is 5.90. The molecule has 0 aromatic carbocycles. The number of amides is 1. The van der Waals surface area contributed by atoms with Crippen molar-refractivity contribution in [1.29, 1.82) is 0 Å². The standard InChI is InChI=1S/C22H23N3O2S2.2C2HF3O2/c26-21-22(27-8-7-25(21)12-17-5-10-28-15-17)16-24(13-19-4-2-9-29-19)14-20(22)18-3-1-6-23-11-18;2*3-2(4,5)1(6)7/h1-6,9-11,15,20H,7-8,12-14,16H2;2*(H,6,7). The Balaban J connectivity index is 0.000000303. The Labute approximate surface area is 248 Å². The number of rotatable bonds is 5. The number of aliphatic carboxylic acids is 2. The Morgan fingerprint density at radius 3 is 2.21 bits per heavy atom. The summed E-state index contributed by atoms with van der Waals surface area (Å²) in [6.07, 6.45) is -6.50. The molecule has 2 atom stereocenters. The van der Waals surface area contributed by atoms with Gasteiger partial charge in [-0.1, -0.05) is 12.1 Å². The van der Waals surface area contributed by atoms with E-state index in [9.17, 15) is 31.1 Å². The summed E-state index contributed by atoms with van der Waals surface area (Å²) in [4.78, 5) is 41.5. The lowest BCUT2D eigenvalue weighted by atomic mass is 9.83. The average molecular weight is 654 g/mol. The molecule has 2 N–H and O–H groups in total. The number of pyridine rings is 1. The van der Waals surface area contributed by atoms with Crippen LogP contribution in [0.4, 0.5) is 26.3 Å². The smallest absolute Gasteiger partial charge is 0.475 e. The van der Waals surface area contributed by atoms with Crippen molar-refractivity contribution in [3.63, 3.8) is 0 Å². The van der Waals surface area contributed by atoms with Crippen LogP contribution in [0.2, 0.25) is 0 Å². The van der Waals surface area contributed by atoms with Gasteiger partial charge in [-0.2, -0.15) is 37.7 Å². The maximum Gasteiger partial charge on any atom is 0.490 e. The van der Waals surface area contributed by atoms with Crippen molar-refractivity contribution in [2.24, 2.45) is 0 Å². The molecule has 5 rings (SSSR count). The minimum atomic E-state index is -5.08. The summed E-state index contributed by atoms with van der Waals surface area (Å²) in [6, 6.07) is 10.3. The van der Waals surface area contributed by atoms with E-state index in [0.29, 0.717) is 26.2 Å². The van der Waals surface area contributed by atoms with Crippen LogP contribution in [0.1, 0.15) is 21.9 Å². The monoisotopic (exact) mass is 653 g/mol. The van der Waals surface area contributed by atoms with E-state index in [0.717, 1.165) is 18.7 Å². The number of halogens is 6. The maximum atomic E-state index is 13.8. The summed E-state index contributed by atoms with van der Waals surface area (Å²) in [6.45, 7) is 4.11. The molecule has 3 aromatic rings. The second-order valence-corrected chi connectivity index (χ2v) is 11.1. The number of nitrogens with zero attached hydrogens (tertiary/aromatic N) is 3. The molecule has 0 aliphatic carbocycles. The molecule has 0 bridgehead atoms. The van der Waals surface area contributed by atoms with Crippen LogP contribution in [-0.2, 0) is 32.2 Å². The Bertz CT molecular complexity index is 1320. The lowest BCUT2D eigenvalue weighted by molar-refractivity contribution is -0.193. The topological polar surface area (TPSA) is 120 Å². The van der Waals surface area contributed by atoms with Crippen molar-refractivity contribution in [2.45, 2.75) is 37.0 Å². The van der Waals surface area contributed by atoms with Crippen LogP contribution in [0.3, 0.4) is 0 Å². The van der Waals surface area contributed by atoms with E-state index in [1.54, 1.807) is 28.9 Å². The molecule has 2 aliphatic rings. The predicted octanol–water partition coefficient (Wildman–Crippen LogP) is 4.87. The van der Waals surface area contributed by atoms with E-state index in [1.807, 2.05) is 17.2 Å². The molecular formula is C26H25F6N3O6S2. The number of thiophene rings is 2. The fourth-order valence-electron chi connectivity index (χ4n) is 4.50. The Hall–Kier alpha value is -3.54. The second kappa shape index (κ2) is 14.3. The lowest BCUT2D eigenvalue weighted by Gasteiger charge is -2.42. The van der Waals surface area contributed by atoms with Gasteiger partial charge in [0.25, 0.3) is 5.91 Å². The zero-order chi connectivity index (χ0) is 31.8. The zero-order valence-electron chi connectivity index (χ0n) is 22.0. The van der Waals surface area contributed by atoms with Crippen molar-refractivity contribution in [2.75, 3.05) is 26.2 Å². The van der Waals surface area contributed by atoms with Gasteiger partial charge in [0.2, 0.25) is 0 Å². The van der Waals surface area contributed by atoms with Crippen LogP contribution < -0.4 is 0 Å². The van der Waals surface area contributed by atoms with Gasteiger partial charge in [0.05, 0.1) is 6.61 Å². The van der Waals surface area contributed by atoms with Crippen LogP contribution in [-0.4, -0.2) is 87.0 Å². The number of morpholine rings is 1. The summed E-state index contributed by atoms with van der Waals surface area (Å²) in [7, 11) is 0. The van der Waals surface area contributed by atoms with Crippen molar-refractivity contribution in [3.05, 3.63) is 74.9 Å². The number of alkyl halides is 6. The molecular weight excluding hydrogens is 628 g/mol. The molecule has 5 heterocycles. The first-order chi connectivity index (χ1) is 20.1. The molecule has 1 spiro atoms. The SMILES string of the molecule is O=C(O)C(F)(F)F.O=C(O)C(F)(F)F.O=C1N(Cc2ccsc2)CCOC12CN(Cc1cccs1)CC2c1cccnc1. The number of carbonyl (C=O) groups excluding carboxylic acids is 1. The van der Waals surface area contributed by atoms with Gasteiger partial charge in [0, 0.05) is 55.9 Å². The summed E-state index contributed by atoms with van der Waals surface area (Å²) in [5, 5.41) is 20.5. The highest BCUT2D eigenvalue weighted by Crippen LogP contribution is 2.42. The molecule has 2 unspecified atom stereocenters. The Morgan fingerprint density at radius 1 is 1.02 bits per heavy atom. The highest BCUT2D eigenvalue weighted by molar-refractivity contribution is 7.09. The van der Waals surface area contributed by atoms with Crippen molar-refractivity contribution in [1.82, 2.24) is 14.8 Å². The first kappa shape index (κ1) is 34.0. The number of hydrogen-bond donors (Lipinski definition) is 2. The van der Waals surface area contributed by atoms with Crippen molar-refractivity contribution >= 4 is 40.5 Å². The molecule has 234 valence electrons. The quantitative estimate of drug-likeness (QED) is 0.375. The van der Waals surface area contributed by atoms with Crippen LogP contribution in [0.25, 0.3) is 0 Å². The summed E-state index contributed by atoms with van der Waals surface area (Å²) in [5.74, 6) is -5.42. The van der Waals surface area contributed by atoms with E-state index >= 15 is 0 Å². The fraction of sp³-hybridized carbons (Fsp3) is 0.385. The van der Waals surface area contributed by atoms with E-state index in [4.69, 9.17) is 24.5 Å². The highest BCUT2D eigenvalue weighted by atomic mass is 32.1. The molecule has 2 aliphatic heterocycles. The zero-order valence-corrected chi connectivity index (χ0v) is 23.7. The first-order valence-electron chi connectivity index (χ1n) is 12.3. The summed E-state index contributed by atoms with van der Waals surface area (Å²) < 4.78 is 69.8. The molecule has 9 nitrogen and oxygen atoms in total. The number of ether oxygens (including phenoxy) is 1. The van der Waals surface area contributed by atoms with Gasteiger partial charge in [-0.25, -0.2) is 9.59 Å². The molecule has 1 amide bonds. The molecule has 2 fully saturated rings. The van der Waals surface area contributed by atoms with Crippen LogP contribution in [0.15, 0.2) is 58.9 Å². The van der Waals surface area contributed by atoms with Gasteiger partial charge < -0.3 is 19.8 Å². The lowest BCUT2D eigenvalue weighted by Crippen LogP contribution is -2.59. The maximum absolute atomic E-state index is 13.8. The molecule has 2 saturated heterocycles. The molecule has 17 heteroatoms. The number of likely N-dealkylation sites (tertiary alicyclic amines) is 1. The number of carbonyl (C=O) groups is 3. The molecule has 0 radical (unpaired) electrons. The minimum absolute atomic E-state index is 0.0195. The van der Waals surface area contributed by atoms with Crippen LogP contribution in [0.5, 0.6) is 0 Å². The number of hydrogen-bond acceptors (Lipinski definition) is 8.